The van der Waals surface area contributed by atoms with Crippen molar-refractivity contribution in [3.05, 3.63) is 77.0 Å². The number of hydrogen-bond acceptors (Lipinski definition) is 7. The van der Waals surface area contributed by atoms with E-state index < -0.39 is 5.82 Å². The first-order valence-corrected chi connectivity index (χ1v) is 12.0. The number of allylic oxidation sites excluding steroid dienone is 1. The summed E-state index contributed by atoms with van der Waals surface area (Å²) in [7, 11) is 2.13. The lowest BCUT2D eigenvalue weighted by atomic mass is 10.1. The normalized spacial score (nSPS) is 14.8. The van der Waals surface area contributed by atoms with E-state index >= 15 is 0 Å². The van der Waals surface area contributed by atoms with Gasteiger partial charge in [-0.15, -0.1) is 6.58 Å². The van der Waals surface area contributed by atoms with Crippen LogP contribution in [0, 0.1) is 12.7 Å². The molecule has 1 saturated heterocycles. The van der Waals surface area contributed by atoms with Gasteiger partial charge in [-0.25, -0.2) is 23.7 Å². The average molecular weight is 489 g/mol. The Hall–Kier alpha value is -4.05. The van der Waals surface area contributed by atoms with Crippen LogP contribution in [0.1, 0.15) is 18.4 Å². The van der Waals surface area contributed by atoms with E-state index in [9.17, 15) is 9.18 Å². The van der Waals surface area contributed by atoms with Gasteiger partial charge in [-0.3, -0.25) is 4.79 Å². The molecule has 0 saturated carbocycles. The number of aromatic nitrogens is 5. The molecule has 36 heavy (non-hydrogen) atoms. The fourth-order valence-corrected chi connectivity index (χ4v) is 4.45. The molecule has 10 heteroatoms. The van der Waals surface area contributed by atoms with Crippen molar-refractivity contribution in [3.63, 3.8) is 0 Å². The van der Waals surface area contributed by atoms with Gasteiger partial charge in [-0.05, 0) is 69.7 Å². The minimum Gasteiger partial charge on any atom is -0.367 e. The molecule has 0 aliphatic carbocycles. The van der Waals surface area contributed by atoms with Gasteiger partial charge in [0.25, 0.3) is 5.56 Å². The highest BCUT2D eigenvalue weighted by Gasteiger charge is 2.20. The molecule has 4 heterocycles. The number of fused-ring (bicyclic) bond motifs is 1. The van der Waals surface area contributed by atoms with Gasteiger partial charge in [0.1, 0.15) is 17.0 Å². The molecular weight excluding hydrogens is 459 g/mol. The van der Waals surface area contributed by atoms with E-state index in [1.807, 2.05) is 25.1 Å². The summed E-state index contributed by atoms with van der Waals surface area (Å²) in [5.41, 5.74) is 1.27. The number of rotatable bonds is 7. The van der Waals surface area contributed by atoms with Crippen LogP contribution in [-0.2, 0) is 6.54 Å². The maximum absolute atomic E-state index is 14.3. The standard InChI is InChI=1S/C26H29FN8O/c1-4-12-34-25(36)19-16-28-26(30-21-15-17(2)8-9-20(21)27)32-24(19)35(34)23-7-5-6-22(31-23)29-18-10-13-33(3)14-11-18/h4-9,15-16,18H,1,10-14H2,2-3H3,(H,29,31)(H,28,30,32). The van der Waals surface area contributed by atoms with Crippen molar-refractivity contribution in [2.24, 2.45) is 0 Å². The zero-order chi connectivity index (χ0) is 25.2. The van der Waals surface area contributed by atoms with Crippen LogP contribution in [0.2, 0.25) is 0 Å². The largest absolute Gasteiger partial charge is 0.367 e. The number of likely N-dealkylation sites (tertiary alicyclic amines) is 1. The van der Waals surface area contributed by atoms with Crippen molar-refractivity contribution in [1.82, 2.24) is 29.2 Å². The molecule has 0 atom stereocenters. The van der Waals surface area contributed by atoms with Crippen molar-refractivity contribution < 1.29 is 4.39 Å². The fraction of sp³-hybridized carbons (Fsp3) is 0.308. The molecule has 0 bridgehead atoms. The van der Waals surface area contributed by atoms with Gasteiger partial charge in [-0.1, -0.05) is 18.2 Å². The van der Waals surface area contributed by atoms with E-state index in [-0.39, 0.29) is 23.7 Å². The number of aryl methyl sites for hydroxylation is 1. The zero-order valence-corrected chi connectivity index (χ0v) is 20.4. The molecule has 1 aliphatic rings. The maximum Gasteiger partial charge on any atom is 0.278 e. The first-order chi connectivity index (χ1) is 17.4. The number of benzene rings is 1. The topological polar surface area (TPSA) is 92.9 Å². The Labute approximate surface area is 208 Å². The first-order valence-electron chi connectivity index (χ1n) is 12.0. The number of nitrogens with one attached hydrogen (secondary N) is 2. The smallest absolute Gasteiger partial charge is 0.278 e. The van der Waals surface area contributed by atoms with E-state index in [2.05, 4.69) is 39.1 Å². The lowest BCUT2D eigenvalue weighted by Gasteiger charge is -2.29. The number of halogens is 1. The summed E-state index contributed by atoms with van der Waals surface area (Å²) in [6.07, 6.45) is 5.17. The third kappa shape index (κ3) is 4.72. The van der Waals surface area contributed by atoms with Gasteiger partial charge >= 0.3 is 0 Å². The highest BCUT2D eigenvalue weighted by molar-refractivity contribution is 5.77. The molecule has 0 amide bonds. The van der Waals surface area contributed by atoms with Crippen molar-refractivity contribution in [2.45, 2.75) is 32.4 Å². The van der Waals surface area contributed by atoms with Crippen molar-refractivity contribution >= 4 is 28.5 Å². The first kappa shape index (κ1) is 23.7. The number of hydrogen-bond donors (Lipinski definition) is 2. The van der Waals surface area contributed by atoms with Gasteiger partial charge in [0.2, 0.25) is 5.95 Å². The van der Waals surface area contributed by atoms with Crippen LogP contribution in [-0.4, -0.2) is 55.4 Å². The molecule has 2 N–H and O–H groups in total. The van der Waals surface area contributed by atoms with Gasteiger partial charge in [0.05, 0.1) is 12.2 Å². The molecule has 186 valence electrons. The Balaban J connectivity index is 1.55. The lowest BCUT2D eigenvalue weighted by molar-refractivity contribution is 0.263. The second-order valence-electron chi connectivity index (χ2n) is 9.13. The van der Waals surface area contributed by atoms with E-state index in [1.54, 1.807) is 22.9 Å². The Morgan fingerprint density at radius 1 is 1.19 bits per heavy atom. The molecule has 1 fully saturated rings. The molecule has 0 radical (unpaired) electrons. The number of piperidine rings is 1. The van der Waals surface area contributed by atoms with E-state index in [1.165, 1.54) is 16.9 Å². The van der Waals surface area contributed by atoms with Gasteiger partial charge < -0.3 is 15.5 Å². The third-order valence-corrected chi connectivity index (χ3v) is 6.37. The summed E-state index contributed by atoms with van der Waals surface area (Å²) < 4.78 is 17.5. The van der Waals surface area contributed by atoms with Crippen LogP contribution >= 0.6 is 0 Å². The van der Waals surface area contributed by atoms with Crippen LogP contribution in [0.4, 0.5) is 21.8 Å². The fourth-order valence-electron chi connectivity index (χ4n) is 4.45. The maximum atomic E-state index is 14.3. The minimum atomic E-state index is -0.416. The van der Waals surface area contributed by atoms with Gasteiger partial charge in [0.15, 0.2) is 11.5 Å². The number of nitrogens with zero attached hydrogens (tertiary/aromatic N) is 6. The SMILES string of the molecule is C=CCn1c(=O)c2cnc(Nc3cc(C)ccc3F)nc2n1-c1cccc(NC2CCN(C)CC2)n1. The molecular formula is C26H29FN8O. The van der Waals surface area contributed by atoms with Crippen LogP contribution in [0.3, 0.4) is 0 Å². The zero-order valence-electron chi connectivity index (χ0n) is 20.4. The lowest BCUT2D eigenvalue weighted by Crippen LogP contribution is -2.36. The second-order valence-corrected chi connectivity index (χ2v) is 9.13. The molecule has 0 spiro atoms. The predicted molar refractivity (Wildman–Crippen MR) is 140 cm³/mol. The second kappa shape index (κ2) is 9.90. The van der Waals surface area contributed by atoms with Gasteiger partial charge in [-0.2, -0.15) is 4.98 Å². The summed E-state index contributed by atoms with van der Waals surface area (Å²) in [4.78, 5) is 29.2. The predicted octanol–water partition coefficient (Wildman–Crippen LogP) is 3.86. The summed E-state index contributed by atoms with van der Waals surface area (Å²) in [5.74, 6) is 1.03. The summed E-state index contributed by atoms with van der Waals surface area (Å²) in [5, 5.41) is 6.80. The van der Waals surface area contributed by atoms with Crippen molar-refractivity contribution in [2.75, 3.05) is 30.8 Å². The Morgan fingerprint density at radius 2 is 2.00 bits per heavy atom. The summed E-state index contributed by atoms with van der Waals surface area (Å²) >= 11 is 0. The molecule has 9 nitrogen and oxygen atoms in total. The average Bonchev–Trinajstić information content (AvgIpc) is 3.14. The van der Waals surface area contributed by atoms with E-state index in [4.69, 9.17) is 4.98 Å². The minimum absolute atomic E-state index is 0.178. The molecule has 4 aromatic rings. The van der Waals surface area contributed by atoms with Crippen LogP contribution in [0.5, 0.6) is 0 Å². The van der Waals surface area contributed by atoms with Crippen molar-refractivity contribution in [3.8, 4) is 5.82 Å². The van der Waals surface area contributed by atoms with Gasteiger partial charge in [0, 0.05) is 12.2 Å². The Kier molecular flexibility index (Phi) is 6.51. The van der Waals surface area contributed by atoms with E-state index in [0.717, 1.165) is 37.3 Å². The highest BCUT2D eigenvalue weighted by atomic mass is 19.1. The third-order valence-electron chi connectivity index (χ3n) is 6.37. The van der Waals surface area contributed by atoms with Crippen LogP contribution in [0.25, 0.3) is 16.9 Å². The highest BCUT2D eigenvalue weighted by Crippen LogP contribution is 2.22. The molecule has 5 rings (SSSR count). The molecule has 0 unspecified atom stereocenters. The quantitative estimate of drug-likeness (QED) is 0.382. The summed E-state index contributed by atoms with van der Waals surface area (Å²) in [6, 6.07) is 10.7. The van der Waals surface area contributed by atoms with Crippen molar-refractivity contribution in [1.29, 1.82) is 0 Å². The molecule has 1 aromatic carbocycles. The molecule has 3 aromatic heterocycles. The van der Waals surface area contributed by atoms with Crippen LogP contribution in [0.15, 0.2) is 60.0 Å². The number of pyridine rings is 1. The Bertz CT molecular complexity index is 1470. The Morgan fingerprint density at radius 3 is 2.78 bits per heavy atom. The molecule has 1 aliphatic heterocycles. The monoisotopic (exact) mass is 488 g/mol. The summed E-state index contributed by atoms with van der Waals surface area (Å²) in [6.45, 7) is 8.00. The van der Waals surface area contributed by atoms with E-state index in [0.29, 0.717) is 22.9 Å². The number of anilines is 3. The van der Waals surface area contributed by atoms with Crippen LogP contribution < -0.4 is 16.2 Å².